The van der Waals surface area contributed by atoms with E-state index in [9.17, 15) is 9.18 Å². The molecule has 1 heterocycles. The first-order valence-electron chi connectivity index (χ1n) is 5.13. The van der Waals surface area contributed by atoms with E-state index in [2.05, 4.69) is 14.7 Å². The van der Waals surface area contributed by atoms with Crippen LogP contribution in [0.15, 0.2) is 30.6 Å². The van der Waals surface area contributed by atoms with Gasteiger partial charge >= 0.3 is 5.97 Å². The Labute approximate surface area is 113 Å². The van der Waals surface area contributed by atoms with Crippen molar-refractivity contribution in [2.24, 2.45) is 0 Å². The number of hydrogen-bond acceptors (Lipinski definition) is 5. The van der Waals surface area contributed by atoms with Crippen molar-refractivity contribution in [1.82, 2.24) is 9.97 Å². The number of ether oxygens (including phenoxy) is 2. The molecule has 7 heteroatoms. The van der Waals surface area contributed by atoms with E-state index in [1.54, 1.807) is 0 Å². The van der Waals surface area contributed by atoms with Crippen LogP contribution in [0, 0.1) is 5.82 Å². The molecule has 0 atom stereocenters. The van der Waals surface area contributed by atoms with Crippen LogP contribution in [0.2, 0.25) is 5.02 Å². The number of rotatable bonds is 3. The molecular formula is C12H8ClFN2O3. The summed E-state index contributed by atoms with van der Waals surface area (Å²) in [5, 5.41) is 0.110. The fourth-order valence-electron chi connectivity index (χ4n) is 1.25. The van der Waals surface area contributed by atoms with Crippen molar-refractivity contribution < 1.29 is 18.7 Å². The Bertz CT molecular complexity index is 604. The van der Waals surface area contributed by atoms with Crippen LogP contribution in [-0.4, -0.2) is 23.0 Å². The average Bonchev–Trinajstić information content (AvgIpc) is 2.42. The number of aromatic nitrogens is 2. The first-order valence-corrected chi connectivity index (χ1v) is 5.51. The lowest BCUT2D eigenvalue weighted by Gasteiger charge is -2.06. The zero-order valence-corrected chi connectivity index (χ0v) is 10.5. The third-order valence-electron chi connectivity index (χ3n) is 2.13. The van der Waals surface area contributed by atoms with Gasteiger partial charge in [-0.15, -0.1) is 0 Å². The lowest BCUT2D eigenvalue weighted by molar-refractivity contribution is 0.0593. The molecule has 1 aromatic heterocycles. The van der Waals surface area contributed by atoms with Crippen molar-refractivity contribution in [3.63, 3.8) is 0 Å². The van der Waals surface area contributed by atoms with Gasteiger partial charge in [-0.3, -0.25) is 0 Å². The van der Waals surface area contributed by atoms with Crippen molar-refractivity contribution in [3.05, 3.63) is 47.1 Å². The van der Waals surface area contributed by atoms with Crippen molar-refractivity contribution in [3.8, 4) is 11.6 Å². The van der Waals surface area contributed by atoms with Gasteiger partial charge in [0.15, 0.2) is 5.69 Å². The van der Waals surface area contributed by atoms with E-state index >= 15 is 0 Å². The zero-order chi connectivity index (χ0) is 13.8. The first-order chi connectivity index (χ1) is 9.10. The van der Waals surface area contributed by atoms with Crippen LogP contribution in [0.1, 0.15) is 10.5 Å². The number of esters is 1. The molecule has 98 valence electrons. The summed E-state index contributed by atoms with van der Waals surface area (Å²) in [5.74, 6) is -0.701. The van der Waals surface area contributed by atoms with Gasteiger partial charge in [0, 0.05) is 0 Å². The second-order valence-corrected chi connectivity index (χ2v) is 3.82. The Morgan fingerprint density at radius 2 is 2.11 bits per heavy atom. The summed E-state index contributed by atoms with van der Waals surface area (Å²) in [6, 6.07) is 3.69. The van der Waals surface area contributed by atoms with Crippen molar-refractivity contribution >= 4 is 17.6 Å². The van der Waals surface area contributed by atoms with Gasteiger partial charge in [0.2, 0.25) is 5.88 Å². The second-order valence-electron chi connectivity index (χ2n) is 3.41. The monoisotopic (exact) mass is 282 g/mol. The summed E-state index contributed by atoms with van der Waals surface area (Å²) in [4.78, 5) is 18.8. The van der Waals surface area contributed by atoms with Gasteiger partial charge in [-0.2, -0.15) is 0 Å². The van der Waals surface area contributed by atoms with Crippen LogP contribution >= 0.6 is 11.6 Å². The fraction of sp³-hybridized carbons (Fsp3) is 0.0833. The highest BCUT2D eigenvalue weighted by atomic mass is 35.5. The fourth-order valence-corrected chi connectivity index (χ4v) is 1.46. The molecule has 5 nitrogen and oxygen atoms in total. The van der Waals surface area contributed by atoms with Crippen LogP contribution in [0.25, 0.3) is 0 Å². The largest absolute Gasteiger partial charge is 0.464 e. The minimum absolute atomic E-state index is 0.0556. The number of hydrogen-bond donors (Lipinski definition) is 0. The number of methoxy groups -OCH3 is 1. The molecule has 0 amide bonds. The Hall–Kier alpha value is -2.21. The smallest absolute Gasteiger partial charge is 0.358 e. The van der Waals surface area contributed by atoms with Crippen molar-refractivity contribution in [2.75, 3.05) is 7.11 Å². The van der Waals surface area contributed by atoms with Gasteiger partial charge in [-0.05, 0) is 18.2 Å². The molecule has 0 radical (unpaired) electrons. The van der Waals surface area contributed by atoms with Crippen LogP contribution in [0.5, 0.6) is 11.6 Å². The van der Waals surface area contributed by atoms with Gasteiger partial charge in [0.05, 0.1) is 24.5 Å². The van der Waals surface area contributed by atoms with Gasteiger partial charge in [-0.25, -0.2) is 19.2 Å². The van der Waals surface area contributed by atoms with Crippen LogP contribution in [0.4, 0.5) is 4.39 Å². The summed E-state index contributed by atoms with van der Waals surface area (Å²) < 4.78 is 22.6. The molecule has 19 heavy (non-hydrogen) atoms. The molecule has 2 aromatic rings. The molecule has 0 bridgehead atoms. The maximum Gasteiger partial charge on any atom is 0.358 e. The highest BCUT2D eigenvalue weighted by Crippen LogP contribution is 2.28. The van der Waals surface area contributed by atoms with Gasteiger partial charge in [0.1, 0.15) is 11.6 Å². The quantitative estimate of drug-likeness (QED) is 0.810. The van der Waals surface area contributed by atoms with E-state index in [1.165, 1.54) is 31.6 Å². The van der Waals surface area contributed by atoms with Crippen LogP contribution in [0.3, 0.4) is 0 Å². The van der Waals surface area contributed by atoms with Gasteiger partial charge < -0.3 is 9.47 Å². The second kappa shape index (κ2) is 5.62. The van der Waals surface area contributed by atoms with Crippen LogP contribution < -0.4 is 4.74 Å². The highest BCUT2D eigenvalue weighted by Gasteiger charge is 2.09. The Balaban J connectivity index is 2.17. The van der Waals surface area contributed by atoms with E-state index in [1.807, 2.05) is 0 Å². The average molecular weight is 283 g/mol. The van der Waals surface area contributed by atoms with Gasteiger partial charge in [0.25, 0.3) is 0 Å². The summed E-state index contributed by atoms with van der Waals surface area (Å²) in [6.07, 6.45) is 2.45. The predicted molar refractivity (Wildman–Crippen MR) is 64.9 cm³/mol. The Morgan fingerprint density at radius 3 is 2.68 bits per heavy atom. The van der Waals surface area contributed by atoms with Crippen LogP contribution in [-0.2, 0) is 4.74 Å². The minimum atomic E-state index is -0.598. The molecule has 0 saturated heterocycles. The lowest BCUT2D eigenvalue weighted by atomic mass is 10.3. The predicted octanol–water partition coefficient (Wildman–Crippen LogP) is 2.85. The summed E-state index contributed by atoms with van der Waals surface area (Å²) >= 11 is 5.80. The first kappa shape index (κ1) is 13.2. The number of halogens is 2. The van der Waals surface area contributed by atoms with E-state index in [-0.39, 0.29) is 22.3 Å². The van der Waals surface area contributed by atoms with Crippen molar-refractivity contribution in [2.45, 2.75) is 0 Å². The SMILES string of the molecule is COC(=O)c1cnc(Oc2ccc(F)cc2Cl)cn1. The minimum Gasteiger partial charge on any atom is -0.464 e. The maximum absolute atomic E-state index is 12.8. The van der Waals surface area contributed by atoms with E-state index in [4.69, 9.17) is 16.3 Å². The molecule has 0 aliphatic carbocycles. The number of nitrogens with zero attached hydrogens (tertiary/aromatic N) is 2. The topological polar surface area (TPSA) is 61.3 Å². The molecule has 0 saturated carbocycles. The molecule has 2 rings (SSSR count). The third-order valence-corrected chi connectivity index (χ3v) is 2.43. The molecule has 0 spiro atoms. The zero-order valence-electron chi connectivity index (χ0n) is 9.76. The maximum atomic E-state index is 12.8. The van der Waals surface area contributed by atoms with E-state index < -0.39 is 11.8 Å². The van der Waals surface area contributed by atoms with E-state index in [0.717, 1.165) is 6.07 Å². The molecule has 0 aliphatic heterocycles. The molecular weight excluding hydrogens is 275 g/mol. The lowest BCUT2D eigenvalue weighted by Crippen LogP contribution is -2.04. The number of carbonyl (C=O) groups is 1. The summed E-state index contributed by atoms with van der Waals surface area (Å²) in [6.45, 7) is 0. The third kappa shape index (κ3) is 3.17. The standard InChI is InChI=1S/C12H8ClFN2O3/c1-18-12(17)9-5-16-11(6-15-9)19-10-3-2-7(14)4-8(10)13/h2-6H,1H3. The molecule has 0 fully saturated rings. The molecule has 1 aromatic carbocycles. The van der Waals surface area contributed by atoms with E-state index in [0.29, 0.717) is 0 Å². The highest BCUT2D eigenvalue weighted by molar-refractivity contribution is 6.32. The van der Waals surface area contributed by atoms with Crippen molar-refractivity contribution in [1.29, 1.82) is 0 Å². The molecule has 0 N–H and O–H groups in total. The normalized spacial score (nSPS) is 10.1. The Morgan fingerprint density at radius 1 is 1.32 bits per heavy atom. The summed E-state index contributed by atoms with van der Waals surface area (Å²) in [7, 11) is 1.24. The summed E-state index contributed by atoms with van der Waals surface area (Å²) in [5.41, 5.74) is 0.0556. The number of benzene rings is 1. The molecule has 0 unspecified atom stereocenters. The van der Waals surface area contributed by atoms with Gasteiger partial charge in [-0.1, -0.05) is 11.6 Å². The molecule has 0 aliphatic rings. The number of carbonyl (C=O) groups excluding carboxylic acids is 1. The Kier molecular flexibility index (Phi) is 3.91.